The summed E-state index contributed by atoms with van der Waals surface area (Å²) >= 11 is 0. The van der Waals surface area contributed by atoms with Gasteiger partial charge in [0.1, 0.15) is 11.5 Å². The first-order chi connectivity index (χ1) is 7.61. The molecule has 0 amide bonds. The van der Waals surface area contributed by atoms with Gasteiger partial charge in [0.05, 0.1) is 5.69 Å². The minimum atomic E-state index is -1.03. The summed E-state index contributed by atoms with van der Waals surface area (Å²) in [5.41, 5.74) is 1.09. The van der Waals surface area contributed by atoms with E-state index in [-0.39, 0.29) is 11.5 Å². The van der Waals surface area contributed by atoms with Gasteiger partial charge in [-0.15, -0.1) is 0 Å². The summed E-state index contributed by atoms with van der Waals surface area (Å²) in [6.45, 7) is 1.62. The van der Waals surface area contributed by atoms with Crippen molar-refractivity contribution in [2.45, 2.75) is 6.92 Å². The Hall–Kier alpha value is -2.10. The van der Waals surface area contributed by atoms with Crippen molar-refractivity contribution in [2.24, 2.45) is 0 Å². The second-order valence-electron chi connectivity index (χ2n) is 3.45. The van der Waals surface area contributed by atoms with E-state index in [0.717, 1.165) is 0 Å². The molecule has 0 atom stereocenters. The molecule has 0 aliphatic carbocycles. The first-order valence-corrected chi connectivity index (χ1v) is 4.77. The van der Waals surface area contributed by atoms with Gasteiger partial charge in [-0.25, -0.2) is 9.18 Å². The summed E-state index contributed by atoms with van der Waals surface area (Å²) in [5, 5.41) is 8.96. The molecular formula is C12H10FNO2. The van der Waals surface area contributed by atoms with Crippen molar-refractivity contribution in [3.05, 3.63) is 53.6 Å². The monoisotopic (exact) mass is 219 g/mol. The molecule has 0 radical (unpaired) electrons. The van der Waals surface area contributed by atoms with Crippen molar-refractivity contribution >= 4 is 5.97 Å². The van der Waals surface area contributed by atoms with Crippen molar-refractivity contribution in [1.82, 2.24) is 4.57 Å². The number of benzene rings is 1. The molecule has 0 aliphatic heterocycles. The van der Waals surface area contributed by atoms with E-state index in [0.29, 0.717) is 11.3 Å². The second-order valence-corrected chi connectivity index (χ2v) is 3.45. The maximum Gasteiger partial charge on any atom is 0.352 e. The highest BCUT2D eigenvalue weighted by Crippen LogP contribution is 2.19. The smallest absolute Gasteiger partial charge is 0.352 e. The van der Waals surface area contributed by atoms with E-state index in [2.05, 4.69) is 0 Å². The molecule has 0 saturated carbocycles. The highest BCUT2D eigenvalue weighted by molar-refractivity contribution is 5.86. The standard InChI is InChI=1S/C12H10FNO2/c1-8-9(13)4-2-5-10(8)14-7-3-6-11(14)12(15)16/h2-7H,1H3,(H,15,16). The van der Waals surface area contributed by atoms with Gasteiger partial charge in [0, 0.05) is 11.8 Å². The normalized spacial score (nSPS) is 10.4. The fraction of sp³-hybridized carbons (Fsp3) is 0.0833. The minimum absolute atomic E-state index is 0.119. The number of aromatic nitrogens is 1. The van der Waals surface area contributed by atoms with Crippen LogP contribution in [0, 0.1) is 12.7 Å². The van der Waals surface area contributed by atoms with Gasteiger partial charge in [0.15, 0.2) is 0 Å². The van der Waals surface area contributed by atoms with Gasteiger partial charge in [-0.05, 0) is 31.2 Å². The molecule has 0 fully saturated rings. The van der Waals surface area contributed by atoms with Gasteiger partial charge in [-0.2, -0.15) is 0 Å². The molecule has 2 rings (SSSR count). The summed E-state index contributed by atoms with van der Waals surface area (Å²) in [4.78, 5) is 10.9. The molecular weight excluding hydrogens is 209 g/mol. The molecule has 0 aliphatic rings. The number of nitrogens with zero attached hydrogens (tertiary/aromatic N) is 1. The molecule has 0 unspecified atom stereocenters. The lowest BCUT2D eigenvalue weighted by Crippen LogP contribution is -2.07. The summed E-state index contributed by atoms with van der Waals surface area (Å²) < 4.78 is 14.8. The van der Waals surface area contributed by atoms with Gasteiger partial charge in [-0.3, -0.25) is 0 Å². The number of hydrogen-bond donors (Lipinski definition) is 1. The Morgan fingerprint density at radius 1 is 1.31 bits per heavy atom. The maximum absolute atomic E-state index is 13.3. The Morgan fingerprint density at radius 2 is 2.06 bits per heavy atom. The molecule has 1 heterocycles. The number of carbonyl (C=O) groups is 1. The van der Waals surface area contributed by atoms with Crippen LogP contribution in [0.3, 0.4) is 0 Å². The highest BCUT2D eigenvalue weighted by Gasteiger charge is 2.12. The lowest BCUT2D eigenvalue weighted by atomic mass is 10.2. The largest absolute Gasteiger partial charge is 0.477 e. The predicted octanol–water partition coefficient (Wildman–Crippen LogP) is 2.62. The van der Waals surface area contributed by atoms with Crippen molar-refractivity contribution in [2.75, 3.05) is 0 Å². The molecule has 82 valence electrons. The molecule has 0 saturated heterocycles. The zero-order valence-corrected chi connectivity index (χ0v) is 8.64. The van der Waals surface area contributed by atoms with E-state index in [9.17, 15) is 9.18 Å². The molecule has 0 bridgehead atoms. The van der Waals surface area contributed by atoms with Crippen molar-refractivity contribution < 1.29 is 14.3 Å². The first-order valence-electron chi connectivity index (χ1n) is 4.77. The number of hydrogen-bond acceptors (Lipinski definition) is 1. The lowest BCUT2D eigenvalue weighted by molar-refractivity contribution is 0.0688. The molecule has 3 nitrogen and oxygen atoms in total. The van der Waals surface area contributed by atoms with Crippen LogP contribution >= 0.6 is 0 Å². The fourth-order valence-electron chi connectivity index (χ4n) is 1.62. The Bertz CT molecular complexity index is 546. The van der Waals surface area contributed by atoms with Gasteiger partial charge in [0.25, 0.3) is 0 Å². The van der Waals surface area contributed by atoms with Crippen LogP contribution in [0.15, 0.2) is 36.5 Å². The van der Waals surface area contributed by atoms with Gasteiger partial charge in [-0.1, -0.05) is 6.07 Å². The van der Waals surface area contributed by atoms with E-state index < -0.39 is 5.97 Å². The van der Waals surface area contributed by atoms with Crippen LogP contribution in [0.2, 0.25) is 0 Å². The van der Waals surface area contributed by atoms with E-state index in [1.165, 1.54) is 16.7 Å². The molecule has 2 aromatic rings. The molecule has 4 heteroatoms. The van der Waals surface area contributed by atoms with Gasteiger partial charge < -0.3 is 9.67 Å². The zero-order valence-electron chi connectivity index (χ0n) is 8.64. The Balaban J connectivity index is 2.63. The van der Waals surface area contributed by atoms with E-state index in [4.69, 9.17) is 5.11 Å². The van der Waals surface area contributed by atoms with E-state index in [1.54, 1.807) is 31.3 Å². The lowest BCUT2D eigenvalue weighted by Gasteiger charge is -2.10. The maximum atomic E-state index is 13.3. The van der Waals surface area contributed by atoms with Crippen LogP contribution in [0.5, 0.6) is 0 Å². The summed E-state index contributed by atoms with van der Waals surface area (Å²) in [7, 11) is 0. The van der Waals surface area contributed by atoms with Gasteiger partial charge >= 0.3 is 5.97 Å². The molecule has 1 N–H and O–H groups in total. The quantitative estimate of drug-likeness (QED) is 0.843. The van der Waals surface area contributed by atoms with Crippen molar-refractivity contribution in [3.8, 4) is 5.69 Å². The zero-order chi connectivity index (χ0) is 11.7. The van der Waals surface area contributed by atoms with Crippen molar-refractivity contribution in [1.29, 1.82) is 0 Å². The third-order valence-corrected chi connectivity index (χ3v) is 2.47. The third kappa shape index (κ3) is 1.58. The molecule has 1 aromatic heterocycles. The van der Waals surface area contributed by atoms with Crippen molar-refractivity contribution in [3.63, 3.8) is 0 Å². The predicted molar refractivity (Wildman–Crippen MR) is 57.4 cm³/mol. The first kappa shape index (κ1) is 10.4. The van der Waals surface area contributed by atoms with E-state index >= 15 is 0 Å². The number of carboxylic acid groups (broad SMARTS) is 1. The number of rotatable bonds is 2. The Kier molecular flexibility index (Phi) is 2.48. The Morgan fingerprint density at radius 3 is 2.75 bits per heavy atom. The Labute approximate surface area is 91.8 Å². The SMILES string of the molecule is Cc1c(F)cccc1-n1cccc1C(=O)O. The average molecular weight is 219 g/mol. The van der Waals surface area contributed by atoms with Crippen LogP contribution in [-0.2, 0) is 0 Å². The summed E-state index contributed by atoms with van der Waals surface area (Å²) in [5.74, 6) is -1.38. The summed E-state index contributed by atoms with van der Waals surface area (Å²) in [6.07, 6.45) is 1.60. The molecule has 0 spiro atoms. The second kappa shape index (κ2) is 3.81. The number of halogens is 1. The highest BCUT2D eigenvalue weighted by atomic mass is 19.1. The van der Waals surface area contributed by atoms with Gasteiger partial charge in [0.2, 0.25) is 0 Å². The third-order valence-electron chi connectivity index (χ3n) is 2.47. The fourth-order valence-corrected chi connectivity index (χ4v) is 1.62. The topological polar surface area (TPSA) is 42.2 Å². The average Bonchev–Trinajstić information content (AvgIpc) is 2.70. The molecule has 16 heavy (non-hydrogen) atoms. The number of carboxylic acids is 1. The van der Waals surface area contributed by atoms with Crippen LogP contribution in [0.4, 0.5) is 4.39 Å². The summed E-state index contributed by atoms with van der Waals surface area (Å²) in [6, 6.07) is 7.69. The minimum Gasteiger partial charge on any atom is -0.477 e. The van der Waals surface area contributed by atoms with Crippen LogP contribution in [0.1, 0.15) is 16.1 Å². The number of aromatic carboxylic acids is 1. The van der Waals surface area contributed by atoms with Crippen LogP contribution in [-0.4, -0.2) is 15.6 Å². The molecule has 1 aromatic carbocycles. The van der Waals surface area contributed by atoms with Crippen LogP contribution < -0.4 is 0 Å². The van der Waals surface area contributed by atoms with E-state index in [1.807, 2.05) is 0 Å². The van der Waals surface area contributed by atoms with Crippen LogP contribution in [0.25, 0.3) is 5.69 Å².